The fourth-order valence-electron chi connectivity index (χ4n) is 2.31. The van der Waals surface area contributed by atoms with E-state index in [9.17, 15) is 0 Å². The van der Waals surface area contributed by atoms with Crippen molar-refractivity contribution >= 4 is 17.3 Å². The first-order valence-corrected chi connectivity index (χ1v) is 6.20. The number of benzene rings is 1. The van der Waals surface area contributed by atoms with Crippen LogP contribution in [-0.4, -0.2) is 18.0 Å². The molecule has 0 saturated carbocycles. The molecule has 1 heterocycles. The molecule has 1 aromatic carbocycles. The lowest BCUT2D eigenvalue weighted by atomic mass is 10.0. The third-order valence-electron chi connectivity index (χ3n) is 3.53. The van der Waals surface area contributed by atoms with Gasteiger partial charge in [0.05, 0.1) is 0 Å². The molecule has 2 unspecified atom stereocenters. The van der Waals surface area contributed by atoms with Gasteiger partial charge in [0.25, 0.3) is 0 Å². The summed E-state index contributed by atoms with van der Waals surface area (Å²) in [6.45, 7) is 7.90. The summed E-state index contributed by atoms with van der Waals surface area (Å²) in [6, 6.07) is 5.79. The first kappa shape index (κ1) is 11.7. The highest BCUT2D eigenvalue weighted by atomic mass is 35.5. The molecule has 0 aliphatic carbocycles. The molecule has 2 nitrogen and oxygen atoms in total. The van der Waals surface area contributed by atoms with E-state index in [0.29, 0.717) is 0 Å². The van der Waals surface area contributed by atoms with Crippen molar-refractivity contribution in [2.24, 2.45) is 11.8 Å². The van der Waals surface area contributed by atoms with Crippen LogP contribution in [0.4, 0.5) is 5.69 Å². The summed E-state index contributed by atoms with van der Waals surface area (Å²) in [4.78, 5) is 2.47. The number of nitrogens with two attached hydrogens (primary N) is 1. The zero-order valence-corrected chi connectivity index (χ0v) is 10.7. The number of rotatable bonds is 2. The van der Waals surface area contributed by atoms with Gasteiger partial charge >= 0.3 is 0 Å². The Kier molecular flexibility index (Phi) is 3.41. The summed E-state index contributed by atoms with van der Waals surface area (Å²) >= 11 is 6.17. The van der Waals surface area contributed by atoms with Gasteiger partial charge in [0.1, 0.15) is 0 Å². The Balaban J connectivity index is 2.05. The van der Waals surface area contributed by atoms with E-state index >= 15 is 0 Å². The fourth-order valence-corrected chi connectivity index (χ4v) is 2.56. The highest BCUT2D eigenvalue weighted by Gasteiger charge is 2.26. The number of anilines is 1. The average molecular weight is 239 g/mol. The molecule has 3 heteroatoms. The van der Waals surface area contributed by atoms with Crippen LogP contribution in [-0.2, 0) is 6.54 Å². The van der Waals surface area contributed by atoms with Gasteiger partial charge in [-0.1, -0.05) is 31.5 Å². The Morgan fingerprint density at radius 3 is 2.50 bits per heavy atom. The van der Waals surface area contributed by atoms with E-state index in [4.69, 9.17) is 17.3 Å². The van der Waals surface area contributed by atoms with Crippen LogP contribution in [0.2, 0.25) is 5.02 Å². The van der Waals surface area contributed by atoms with E-state index in [1.807, 2.05) is 18.2 Å². The molecule has 1 aromatic rings. The minimum absolute atomic E-state index is 0.733. The van der Waals surface area contributed by atoms with E-state index in [1.165, 1.54) is 18.7 Å². The van der Waals surface area contributed by atoms with Gasteiger partial charge in [-0.2, -0.15) is 0 Å². The summed E-state index contributed by atoms with van der Waals surface area (Å²) < 4.78 is 0. The van der Waals surface area contributed by atoms with Crippen molar-refractivity contribution in [2.75, 3.05) is 18.8 Å². The number of hydrogen-bond acceptors (Lipinski definition) is 2. The van der Waals surface area contributed by atoms with Crippen LogP contribution >= 0.6 is 11.6 Å². The summed E-state index contributed by atoms with van der Waals surface area (Å²) in [6.07, 6.45) is 0. The topological polar surface area (TPSA) is 29.3 Å². The molecule has 1 aliphatic rings. The number of halogens is 1. The molecule has 0 amide bonds. The molecule has 16 heavy (non-hydrogen) atoms. The van der Waals surface area contributed by atoms with E-state index in [0.717, 1.165) is 29.1 Å². The zero-order chi connectivity index (χ0) is 11.7. The third kappa shape index (κ3) is 2.50. The van der Waals surface area contributed by atoms with Crippen LogP contribution in [0.25, 0.3) is 0 Å². The van der Waals surface area contributed by atoms with Crippen molar-refractivity contribution in [3.63, 3.8) is 0 Å². The van der Waals surface area contributed by atoms with Crippen molar-refractivity contribution in [1.82, 2.24) is 4.90 Å². The van der Waals surface area contributed by atoms with E-state index in [1.54, 1.807) is 0 Å². The van der Waals surface area contributed by atoms with Crippen molar-refractivity contribution in [1.29, 1.82) is 0 Å². The number of hydrogen-bond donors (Lipinski definition) is 1. The Labute approximate surface area is 102 Å². The van der Waals surface area contributed by atoms with Crippen molar-refractivity contribution < 1.29 is 0 Å². The Bertz CT molecular complexity index is 368. The van der Waals surface area contributed by atoms with Crippen LogP contribution in [0.15, 0.2) is 18.2 Å². The van der Waals surface area contributed by atoms with Gasteiger partial charge in [0.2, 0.25) is 0 Å². The molecular weight excluding hydrogens is 220 g/mol. The maximum absolute atomic E-state index is 6.17. The Hall–Kier alpha value is -0.730. The molecule has 88 valence electrons. The highest BCUT2D eigenvalue weighted by Crippen LogP contribution is 2.26. The lowest BCUT2D eigenvalue weighted by molar-refractivity contribution is 0.316. The zero-order valence-electron chi connectivity index (χ0n) is 9.91. The molecule has 0 radical (unpaired) electrons. The normalized spacial score (nSPS) is 26.2. The molecule has 2 atom stereocenters. The maximum atomic E-state index is 6.17. The van der Waals surface area contributed by atoms with Crippen molar-refractivity contribution in [2.45, 2.75) is 20.4 Å². The summed E-state index contributed by atoms with van der Waals surface area (Å²) in [5, 5.41) is 0.784. The Morgan fingerprint density at radius 2 is 1.94 bits per heavy atom. The smallest absolute Gasteiger partial charge is 0.0471 e. The largest absolute Gasteiger partial charge is 0.399 e. The van der Waals surface area contributed by atoms with E-state index < -0.39 is 0 Å². The van der Waals surface area contributed by atoms with Crippen molar-refractivity contribution in [3.8, 4) is 0 Å². The second kappa shape index (κ2) is 4.64. The minimum Gasteiger partial charge on any atom is -0.399 e. The first-order chi connectivity index (χ1) is 7.56. The van der Waals surface area contributed by atoms with Gasteiger partial charge in [0.15, 0.2) is 0 Å². The van der Waals surface area contributed by atoms with E-state index in [2.05, 4.69) is 18.7 Å². The highest BCUT2D eigenvalue weighted by molar-refractivity contribution is 6.31. The minimum atomic E-state index is 0.733. The van der Waals surface area contributed by atoms with E-state index in [-0.39, 0.29) is 0 Å². The van der Waals surface area contributed by atoms with Crippen molar-refractivity contribution in [3.05, 3.63) is 28.8 Å². The molecule has 1 aliphatic heterocycles. The standard InChI is InChI=1S/C13H19ClN2/c1-9-6-16(7-10(9)2)8-11-3-4-12(15)5-13(11)14/h3-5,9-10H,6-8,15H2,1-2H3. The second-order valence-corrected chi connectivity index (χ2v) is 5.41. The molecule has 0 spiro atoms. The lowest BCUT2D eigenvalue weighted by Gasteiger charge is -2.16. The van der Waals surface area contributed by atoms with Crippen LogP contribution < -0.4 is 5.73 Å². The molecule has 2 rings (SSSR count). The number of likely N-dealkylation sites (tertiary alicyclic amines) is 1. The van der Waals surface area contributed by atoms with Gasteiger partial charge in [-0.05, 0) is 29.5 Å². The molecule has 1 saturated heterocycles. The predicted octanol–water partition coefficient (Wildman–Crippen LogP) is 3.01. The fraction of sp³-hybridized carbons (Fsp3) is 0.538. The summed E-state index contributed by atoms with van der Waals surface area (Å²) in [5.74, 6) is 1.57. The van der Waals surface area contributed by atoms with Gasteiger partial charge in [0, 0.05) is 30.3 Å². The van der Waals surface area contributed by atoms with Crippen LogP contribution in [0.1, 0.15) is 19.4 Å². The summed E-state index contributed by atoms with van der Waals surface area (Å²) in [5.41, 5.74) is 7.59. The van der Waals surface area contributed by atoms with Gasteiger partial charge < -0.3 is 5.73 Å². The average Bonchev–Trinajstić information content (AvgIpc) is 2.51. The second-order valence-electron chi connectivity index (χ2n) is 5.00. The predicted molar refractivity (Wildman–Crippen MR) is 69.5 cm³/mol. The van der Waals surface area contributed by atoms with Gasteiger partial charge in [-0.15, -0.1) is 0 Å². The summed E-state index contributed by atoms with van der Waals surface area (Å²) in [7, 11) is 0. The van der Waals surface area contributed by atoms with Crippen LogP contribution in [0.5, 0.6) is 0 Å². The molecule has 2 N–H and O–H groups in total. The van der Waals surface area contributed by atoms with Crippen LogP contribution in [0, 0.1) is 11.8 Å². The van der Waals surface area contributed by atoms with Crippen LogP contribution in [0.3, 0.4) is 0 Å². The van der Waals surface area contributed by atoms with Gasteiger partial charge in [-0.25, -0.2) is 0 Å². The first-order valence-electron chi connectivity index (χ1n) is 5.82. The molecule has 0 bridgehead atoms. The molecular formula is C13H19ClN2. The number of nitrogen functional groups attached to an aromatic ring is 1. The monoisotopic (exact) mass is 238 g/mol. The lowest BCUT2D eigenvalue weighted by Crippen LogP contribution is -2.20. The molecule has 1 fully saturated rings. The number of nitrogens with zero attached hydrogens (tertiary/aromatic N) is 1. The third-order valence-corrected chi connectivity index (χ3v) is 3.89. The maximum Gasteiger partial charge on any atom is 0.0471 e. The Morgan fingerprint density at radius 1 is 1.31 bits per heavy atom. The quantitative estimate of drug-likeness (QED) is 0.803. The van der Waals surface area contributed by atoms with Gasteiger partial charge in [-0.3, -0.25) is 4.90 Å². The molecule has 0 aromatic heterocycles. The SMILES string of the molecule is CC1CN(Cc2ccc(N)cc2Cl)CC1C.